The molecule has 1 fully saturated rings. The third kappa shape index (κ3) is 4.87. The maximum absolute atomic E-state index is 15.1. The number of aromatic nitrogens is 2. The summed E-state index contributed by atoms with van der Waals surface area (Å²) >= 11 is 5.47. The average molecular weight is 581 g/mol. The van der Waals surface area contributed by atoms with Crippen LogP contribution in [0, 0.1) is 12.4 Å². The van der Waals surface area contributed by atoms with Crippen LogP contribution in [-0.2, 0) is 17.5 Å². The minimum atomic E-state index is -4.83. The second kappa shape index (κ2) is 9.97. The van der Waals surface area contributed by atoms with Gasteiger partial charge < -0.3 is 15.2 Å². The second-order valence-corrected chi connectivity index (χ2v) is 10.1. The molecule has 2 aromatic heterocycles. The molecule has 41 heavy (non-hydrogen) atoms. The Balaban J connectivity index is 1.38. The first-order valence-corrected chi connectivity index (χ1v) is 12.5. The van der Waals surface area contributed by atoms with Gasteiger partial charge in [-0.1, -0.05) is 6.07 Å². The van der Waals surface area contributed by atoms with E-state index in [-0.39, 0.29) is 28.7 Å². The van der Waals surface area contributed by atoms with Crippen molar-refractivity contribution in [2.75, 3.05) is 9.80 Å². The smallest absolute Gasteiger partial charge is 0.361 e. The predicted molar refractivity (Wildman–Crippen MR) is 148 cm³/mol. The molecule has 4 aromatic rings. The number of halogens is 4. The maximum Gasteiger partial charge on any atom is 0.407 e. The fourth-order valence-corrected chi connectivity index (χ4v) is 5.13. The van der Waals surface area contributed by atoms with Crippen LogP contribution in [0.15, 0.2) is 60.9 Å². The zero-order valence-corrected chi connectivity index (χ0v) is 22.3. The van der Waals surface area contributed by atoms with E-state index in [0.717, 1.165) is 27.9 Å². The molecule has 3 heterocycles. The molecule has 2 N–H and O–H groups in total. The molecular weight excluding hydrogens is 560 g/mol. The summed E-state index contributed by atoms with van der Waals surface area (Å²) < 4.78 is 55.8. The Morgan fingerprint density at radius 2 is 1.90 bits per heavy atom. The fourth-order valence-electron chi connectivity index (χ4n) is 4.61. The van der Waals surface area contributed by atoms with Gasteiger partial charge in [-0.2, -0.15) is 13.2 Å². The summed E-state index contributed by atoms with van der Waals surface area (Å²) in [7, 11) is 0. The predicted octanol–water partition coefficient (Wildman–Crippen LogP) is 6.12. The van der Waals surface area contributed by atoms with E-state index < -0.39 is 40.6 Å². The molecule has 2 aromatic carbocycles. The van der Waals surface area contributed by atoms with Gasteiger partial charge in [-0.3, -0.25) is 19.5 Å². The third-order valence-corrected chi connectivity index (χ3v) is 7.09. The number of nitrogens with one attached hydrogen (secondary N) is 2. The fraction of sp³-hybridized carbons (Fsp3) is 0.179. The zero-order chi connectivity index (χ0) is 29.7. The molecule has 0 bridgehead atoms. The van der Waals surface area contributed by atoms with Crippen molar-refractivity contribution in [1.82, 2.24) is 15.3 Å². The van der Waals surface area contributed by atoms with Gasteiger partial charge in [0.1, 0.15) is 11.4 Å². The summed E-state index contributed by atoms with van der Waals surface area (Å²) in [5, 5.41) is 3.28. The number of fused-ring (bicyclic) bond motifs is 1. The van der Waals surface area contributed by atoms with Gasteiger partial charge in [-0.05, 0) is 62.5 Å². The number of carbonyl (C=O) groups is 2. The summed E-state index contributed by atoms with van der Waals surface area (Å²) in [6.45, 7) is 9.80. The number of hydrogen-bond donors (Lipinski definition) is 2. The molecule has 0 spiro atoms. The van der Waals surface area contributed by atoms with Crippen LogP contribution in [0.25, 0.3) is 15.7 Å². The molecule has 2 amide bonds. The topological polar surface area (TPSA) is 85.7 Å². The normalized spacial score (nSPS) is 15.0. The Hall–Kier alpha value is -4.83. The van der Waals surface area contributed by atoms with Crippen LogP contribution >= 0.6 is 12.2 Å². The number of alkyl halides is 3. The number of carbonyl (C=O) groups excluding carboxylic acids is 2. The molecule has 1 aliphatic heterocycles. The van der Waals surface area contributed by atoms with Gasteiger partial charge in [0.15, 0.2) is 10.8 Å². The Labute approximate surface area is 236 Å². The first kappa shape index (κ1) is 27.7. The summed E-state index contributed by atoms with van der Waals surface area (Å²) in [5.41, 5.74) is -2.13. The van der Waals surface area contributed by atoms with Crippen LogP contribution in [0.4, 0.5) is 34.6 Å². The maximum atomic E-state index is 15.1. The first-order valence-electron chi connectivity index (χ1n) is 12.1. The van der Waals surface area contributed by atoms with Crippen molar-refractivity contribution < 1.29 is 27.2 Å². The summed E-state index contributed by atoms with van der Waals surface area (Å²) in [4.78, 5) is 38.2. The van der Waals surface area contributed by atoms with Gasteiger partial charge in [0, 0.05) is 34.4 Å². The van der Waals surface area contributed by atoms with Crippen LogP contribution in [0.5, 0.6) is 0 Å². The Morgan fingerprint density at radius 3 is 2.59 bits per heavy atom. The van der Waals surface area contributed by atoms with Crippen molar-refractivity contribution in [3.63, 3.8) is 0 Å². The number of rotatable bonds is 5. The lowest BCUT2D eigenvalue weighted by Crippen LogP contribution is -2.44. The van der Waals surface area contributed by atoms with Crippen LogP contribution in [0.2, 0.25) is 0 Å². The van der Waals surface area contributed by atoms with Crippen molar-refractivity contribution in [2.45, 2.75) is 32.1 Å². The average Bonchev–Trinajstić information content (AvgIpc) is 3.46. The standard InChI is InChI=1S/C28H20F4N6O2S/c1-27(2)25(40)37(17-5-7-22(33-3)19(11-17)28(30,31)32)26(41)38(27)18-12-20(29)23(35-13-18)14-36-24(39)16-4-6-21-15(10-16)8-9-34-21/h4-13,34H,14H2,1-2H3,(H,36,39). The van der Waals surface area contributed by atoms with Crippen molar-refractivity contribution in [3.05, 3.63) is 95.0 Å². The first-order chi connectivity index (χ1) is 19.3. The van der Waals surface area contributed by atoms with E-state index >= 15 is 4.39 Å². The molecule has 0 aliphatic carbocycles. The van der Waals surface area contributed by atoms with Gasteiger partial charge in [0.2, 0.25) is 0 Å². The third-order valence-electron chi connectivity index (χ3n) is 6.73. The van der Waals surface area contributed by atoms with E-state index in [0.29, 0.717) is 11.6 Å². The lowest BCUT2D eigenvalue weighted by molar-refractivity contribution is -0.136. The van der Waals surface area contributed by atoms with Crippen LogP contribution < -0.4 is 15.1 Å². The monoisotopic (exact) mass is 580 g/mol. The Kier molecular flexibility index (Phi) is 6.74. The van der Waals surface area contributed by atoms with Crippen LogP contribution in [0.1, 0.15) is 35.5 Å². The van der Waals surface area contributed by atoms with Crippen LogP contribution in [0.3, 0.4) is 0 Å². The largest absolute Gasteiger partial charge is 0.407 e. The van der Waals surface area contributed by atoms with E-state index in [1.165, 1.54) is 31.0 Å². The second-order valence-electron chi connectivity index (χ2n) is 9.71. The minimum Gasteiger partial charge on any atom is -0.361 e. The van der Waals surface area contributed by atoms with Gasteiger partial charge >= 0.3 is 6.18 Å². The molecule has 1 saturated heterocycles. The quantitative estimate of drug-likeness (QED) is 0.169. The number of nitrogens with zero attached hydrogens (tertiary/aromatic N) is 4. The number of hydrogen-bond acceptors (Lipinski definition) is 4. The molecule has 13 heteroatoms. The molecule has 8 nitrogen and oxygen atoms in total. The molecule has 0 unspecified atom stereocenters. The molecule has 0 radical (unpaired) electrons. The Morgan fingerprint density at radius 1 is 1.15 bits per heavy atom. The highest BCUT2D eigenvalue weighted by Crippen LogP contribution is 2.42. The number of anilines is 2. The van der Waals surface area contributed by atoms with Crippen molar-refractivity contribution in [3.8, 4) is 0 Å². The van der Waals surface area contributed by atoms with Gasteiger partial charge in [-0.25, -0.2) is 9.24 Å². The number of aromatic amines is 1. The number of H-pyrrole nitrogens is 1. The summed E-state index contributed by atoms with van der Waals surface area (Å²) in [6, 6.07) is 10.9. The molecule has 1 aliphatic rings. The van der Waals surface area contributed by atoms with Gasteiger partial charge in [0.25, 0.3) is 11.8 Å². The highest BCUT2D eigenvalue weighted by Gasteiger charge is 2.51. The van der Waals surface area contributed by atoms with E-state index in [9.17, 15) is 22.8 Å². The lowest BCUT2D eigenvalue weighted by atomic mass is 10.0. The summed E-state index contributed by atoms with van der Waals surface area (Å²) in [6.07, 6.45) is -1.81. The van der Waals surface area contributed by atoms with E-state index in [1.807, 2.05) is 6.07 Å². The van der Waals surface area contributed by atoms with Crippen molar-refractivity contribution in [1.29, 1.82) is 0 Å². The van der Waals surface area contributed by atoms with Crippen molar-refractivity contribution >= 4 is 57.1 Å². The number of benzene rings is 2. The van der Waals surface area contributed by atoms with E-state index in [4.69, 9.17) is 18.8 Å². The zero-order valence-electron chi connectivity index (χ0n) is 21.5. The highest BCUT2D eigenvalue weighted by atomic mass is 32.1. The summed E-state index contributed by atoms with van der Waals surface area (Å²) in [5.74, 6) is -1.86. The number of amides is 2. The SMILES string of the molecule is [C-]#[N+]c1ccc(N2C(=O)C(C)(C)N(c3cnc(CNC(=O)c4ccc5[nH]ccc5c4)c(F)c3)C2=S)cc1C(F)(F)F. The van der Waals surface area contributed by atoms with Gasteiger partial charge in [-0.15, -0.1) is 0 Å². The molecule has 5 rings (SSSR count). The molecule has 208 valence electrons. The molecule has 0 atom stereocenters. The minimum absolute atomic E-state index is 0.0690. The van der Waals surface area contributed by atoms with E-state index in [2.05, 4.69) is 20.1 Å². The molecule has 0 saturated carbocycles. The lowest BCUT2D eigenvalue weighted by Gasteiger charge is -2.29. The van der Waals surface area contributed by atoms with E-state index in [1.54, 1.807) is 24.4 Å². The van der Waals surface area contributed by atoms with Crippen molar-refractivity contribution in [2.24, 2.45) is 0 Å². The van der Waals surface area contributed by atoms with Crippen LogP contribution in [-0.4, -0.2) is 32.4 Å². The number of pyridine rings is 1. The molecular formula is C28H20F4N6O2S. The highest BCUT2D eigenvalue weighted by molar-refractivity contribution is 7.81. The Bertz CT molecular complexity index is 1780. The number of thiocarbonyl (C=S) groups is 1. The van der Waals surface area contributed by atoms with Gasteiger partial charge in [0.05, 0.1) is 36.3 Å².